The lowest BCUT2D eigenvalue weighted by Gasteiger charge is -2.16. The summed E-state index contributed by atoms with van der Waals surface area (Å²) in [4.78, 5) is 0. The van der Waals surface area contributed by atoms with E-state index in [1.165, 1.54) is 50.8 Å². The molecule has 0 aromatic heterocycles. The Morgan fingerprint density at radius 1 is 0.816 bits per heavy atom. The Hall–Kier alpha value is -3.88. The molecule has 0 spiro atoms. The van der Waals surface area contributed by atoms with Crippen LogP contribution >= 0.6 is 0 Å². The van der Waals surface area contributed by atoms with Gasteiger partial charge in [-0.05, 0) is 75.9 Å². The lowest BCUT2D eigenvalue weighted by Crippen LogP contribution is -2.21. The monoisotopic (exact) mass is 538 g/mol. The zero-order valence-corrected chi connectivity index (χ0v) is 21.1. The number of halogens is 3. The highest BCUT2D eigenvalue weighted by molar-refractivity contribution is 7.86. The van der Waals surface area contributed by atoms with Crippen molar-refractivity contribution in [1.82, 2.24) is 0 Å². The first-order valence-corrected chi connectivity index (χ1v) is 13.2. The van der Waals surface area contributed by atoms with Crippen LogP contribution in [0, 0.1) is 0 Å². The molecule has 38 heavy (non-hydrogen) atoms. The predicted molar refractivity (Wildman–Crippen MR) is 142 cm³/mol. The minimum absolute atomic E-state index is 0.813. The Morgan fingerprint density at radius 3 is 2.05 bits per heavy atom. The van der Waals surface area contributed by atoms with E-state index in [1.54, 1.807) is 0 Å². The third-order valence-corrected chi connectivity index (χ3v) is 6.87. The van der Waals surface area contributed by atoms with Crippen molar-refractivity contribution >= 4 is 10.1 Å². The molecule has 0 atom stereocenters. The van der Waals surface area contributed by atoms with Gasteiger partial charge < -0.3 is 4.74 Å². The molecule has 4 aromatic carbocycles. The van der Waals surface area contributed by atoms with Gasteiger partial charge >= 0.3 is 15.6 Å². The molecule has 0 amide bonds. The normalized spacial score (nSPS) is 12.1. The minimum atomic E-state index is -5.84. The van der Waals surface area contributed by atoms with Crippen molar-refractivity contribution < 1.29 is 30.9 Å². The molecule has 1 aliphatic carbocycles. The van der Waals surface area contributed by atoms with Crippen molar-refractivity contribution in [2.45, 2.75) is 24.8 Å². The molecule has 0 saturated carbocycles. The van der Waals surface area contributed by atoms with Gasteiger partial charge in [0.05, 0.1) is 6.26 Å². The summed E-state index contributed by atoms with van der Waals surface area (Å²) in [6, 6.07) is 32.5. The molecule has 0 saturated heterocycles. The van der Waals surface area contributed by atoms with Gasteiger partial charge in [0.15, 0.2) is 0 Å². The van der Waals surface area contributed by atoms with Crippen molar-refractivity contribution in [3.05, 3.63) is 126 Å². The lowest BCUT2D eigenvalue weighted by atomic mass is 9.88. The number of benzene rings is 4. The van der Waals surface area contributed by atoms with E-state index in [1.807, 2.05) is 12.1 Å². The molecule has 0 aliphatic heterocycles. The van der Waals surface area contributed by atoms with Crippen LogP contribution in [0.3, 0.4) is 0 Å². The molecular weight excluding hydrogens is 513 g/mol. The highest BCUT2D eigenvalue weighted by Gasteiger charge is 2.44. The third kappa shape index (κ3) is 6.15. The third-order valence-electron chi connectivity index (χ3n) is 6.29. The smallest absolute Gasteiger partial charge is 0.466 e. The Kier molecular flexibility index (Phi) is 8.04. The molecule has 1 N–H and O–H groups in total. The number of aryl methyl sites for hydroxylation is 1. The summed E-state index contributed by atoms with van der Waals surface area (Å²) in [6.07, 6.45) is 4.55. The molecule has 0 heterocycles. The van der Waals surface area contributed by atoms with Crippen LogP contribution in [0.4, 0.5) is 13.2 Å². The van der Waals surface area contributed by atoms with Crippen molar-refractivity contribution in [1.29, 1.82) is 0 Å². The fourth-order valence-corrected chi connectivity index (χ4v) is 4.55. The van der Waals surface area contributed by atoms with Gasteiger partial charge in [-0.15, -0.1) is 0 Å². The van der Waals surface area contributed by atoms with Crippen molar-refractivity contribution in [2.24, 2.45) is 0 Å². The van der Waals surface area contributed by atoms with Crippen LogP contribution in [0.1, 0.15) is 22.3 Å². The van der Waals surface area contributed by atoms with Gasteiger partial charge in [0, 0.05) is 0 Å². The molecule has 1 aliphatic rings. The van der Waals surface area contributed by atoms with Crippen LogP contribution in [-0.2, 0) is 29.4 Å². The number of ether oxygens (including phenoxy) is 1. The molecule has 196 valence electrons. The maximum absolute atomic E-state index is 10.7. The molecule has 4 nitrogen and oxygen atoms in total. The van der Waals surface area contributed by atoms with Gasteiger partial charge in [0.25, 0.3) is 0 Å². The summed E-state index contributed by atoms with van der Waals surface area (Å²) in [5, 5.41) is 0. The van der Waals surface area contributed by atoms with Crippen LogP contribution < -0.4 is 4.74 Å². The van der Waals surface area contributed by atoms with Gasteiger partial charge in [-0.25, -0.2) is 0 Å². The van der Waals surface area contributed by atoms with Crippen LogP contribution in [0.2, 0.25) is 0 Å². The summed E-state index contributed by atoms with van der Waals surface area (Å²) in [7, 11) is -5.84. The lowest BCUT2D eigenvalue weighted by molar-refractivity contribution is -0.0510. The fourth-order valence-electron chi connectivity index (χ4n) is 4.55. The second-order valence-electron chi connectivity index (χ2n) is 8.67. The van der Waals surface area contributed by atoms with E-state index in [0.717, 1.165) is 25.0 Å². The first kappa shape index (κ1) is 27.2. The molecule has 0 unspecified atom stereocenters. The van der Waals surface area contributed by atoms with Crippen LogP contribution in [0.15, 0.2) is 104 Å². The topological polar surface area (TPSA) is 63.6 Å². The second kappa shape index (κ2) is 11.2. The fraction of sp³-hybridized carbons (Fsp3) is 0.133. The van der Waals surface area contributed by atoms with E-state index in [9.17, 15) is 13.2 Å². The quantitative estimate of drug-likeness (QED) is 0.137. The van der Waals surface area contributed by atoms with Gasteiger partial charge in [0.1, 0.15) is 5.75 Å². The SMILES string of the molecule is C=COc1ccc(-c2ccc3c(c2CCc2ccccc2)Cc2ccccc2-3)cc1.O=S(=O)(O)C(F)(F)F. The first-order chi connectivity index (χ1) is 18.1. The number of rotatable bonds is 6. The van der Waals surface area contributed by atoms with Crippen molar-refractivity contribution in [3.63, 3.8) is 0 Å². The van der Waals surface area contributed by atoms with Crippen LogP contribution in [-0.4, -0.2) is 18.5 Å². The average Bonchev–Trinajstić information content (AvgIpc) is 3.27. The van der Waals surface area contributed by atoms with E-state index in [4.69, 9.17) is 17.7 Å². The van der Waals surface area contributed by atoms with E-state index < -0.39 is 15.6 Å². The molecular formula is C30H25F3O4S. The summed E-state index contributed by atoms with van der Waals surface area (Å²) in [5.74, 6) is 0.813. The summed E-state index contributed by atoms with van der Waals surface area (Å²) in [6.45, 7) is 3.64. The van der Waals surface area contributed by atoms with E-state index in [2.05, 4.69) is 85.4 Å². The van der Waals surface area contributed by atoms with Gasteiger partial charge in [0.2, 0.25) is 0 Å². The van der Waals surface area contributed by atoms with Gasteiger partial charge in [-0.1, -0.05) is 85.4 Å². The van der Waals surface area contributed by atoms with Gasteiger partial charge in [-0.3, -0.25) is 4.55 Å². The molecule has 8 heteroatoms. The summed E-state index contributed by atoms with van der Waals surface area (Å²) >= 11 is 0. The van der Waals surface area contributed by atoms with E-state index >= 15 is 0 Å². The maximum atomic E-state index is 10.7. The van der Waals surface area contributed by atoms with Crippen molar-refractivity contribution in [3.8, 4) is 28.0 Å². The van der Waals surface area contributed by atoms with E-state index in [0.29, 0.717) is 0 Å². The Balaban J connectivity index is 0.000000368. The zero-order valence-electron chi connectivity index (χ0n) is 20.3. The van der Waals surface area contributed by atoms with Crippen LogP contribution in [0.5, 0.6) is 5.75 Å². The Labute approximate surface area is 219 Å². The first-order valence-electron chi connectivity index (χ1n) is 11.8. The Morgan fingerprint density at radius 2 is 1.42 bits per heavy atom. The summed E-state index contributed by atoms with van der Waals surface area (Å²) < 4.78 is 63.0. The van der Waals surface area contributed by atoms with Crippen LogP contribution in [0.25, 0.3) is 22.3 Å². The highest BCUT2D eigenvalue weighted by Crippen LogP contribution is 2.42. The summed E-state index contributed by atoms with van der Waals surface area (Å²) in [5.41, 5.74) is 5.55. The zero-order chi connectivity index (χ0) is 27.3. The molecule has 5 rings (SSSR count). The average molecular weight is 539 g/mol. The number of hydrogen-bond acceptors (Lipinski definition) is 3. The highest BCUT2D eigenvalue weighted by atomic mass is 32.2. The number of fused-ring (bicyclic) bond motifs is 3. The number of hydrogen-bond donors (Lipinski definition) is 1. The molecule has 0 fully saturated rings. The van der Waals surface area contributed by atoms with Crippen molar-refractivity contribution in [2.75, 3.05) is 0 Å². The number of alkyl halides is 3. The largest absolute Gasteiger partial charge is 0.522 e. The maximum Gasteiger partial charge on any atom is 0.522 e. The minimum Gasteiger partial charge on any atom is -0.466 e. The van der Waals surface area contributed by atoms with Gasteiger partial charge in [-0.2, -0.15) is 21.6 Å². The predicted octanol–water partition coefficient (Wildman–Crippen LogP) is 7.63. The second-order valence-corrected chi connectivity index (χ2v) is 10.1. The standard InChI is InChI=1S/C29H24O.CHF3O3S/c1-2-30-24-15-13-22(14-16-24)26-18-19-28-25-11-7-6-10-23(25)20-29(28)27(26)17-12-21-8-4-3-5-9-21;2-1(3,4)8(5,6)7/h2-11,13-16,18-19H,1,12,17,20H2;(H,5,6,7). The molecule has 4 aromatic rings. The Bertz CT molecular complexity index is 1530. The molecule has 0 bridgehead atoms. The molecule has 0 radical (unpaired) electrons. The van der Waals surface area contributed by atoms with E-state index in [-0.39, 0.29) is 0 Å².